The molecule has 0 bridgehead atoms. The van der Waals surface area contributed by atoms with Crippen molar-refractivity contribution in [3.63, 3.8) is 0 Å². The standard InChI is InChI=1S/C30H27ClF7N/c1-16-11-21(14-26(31)17(16)2)24(29(34,35)36)15-27(32)20-9-10-23(25(13-20)30(37,38)39)18(3)19-7-6-8-22(12-19)28(4,5)33/h6-15,24H,3,39H2,1-2,4-5H3/b27-15-. The number of halogens is 8. The summed E-state index contributed by atoms with van der Waals surface area (Å²) in [5, 5.41) is 0.0844. The molecule has 0 radical (unpaired) electrons. The van der Waals surface area contributed by atoms with Crippen molar-refractivity contribution in [2.75, 3.05) is 0 Å². The van der Waals surface area contributed by atoms with Gasteiger partial charge in [-0.2, -0.15) is 22.0 Å². The number of benzene rings is 3. The second-order valence-corrected chi connectivity index (χ2v) is 10.3. The van der Waals surface area contributed by atoms with Gasteiger partial charge in [0.1, 0.15) is 17.4 Å². The lowest BCUT2D eigenvalue weighted by Crippen LogP contribution is -2.27. The quantitative estimate of drug-likeness (QED) is 0.222. The van der Waals surface area contributed by atoms with Crippen LogP contribution < -0.4 is 5.73 Å². The molecule has 3 aromatic carbocycles. The van der Waals surface area contributed by atoms with Gasteiger partial charge in [0.05, 0.1) is 0 Å². The minimum absolute atomic E-state index is 0.0510. The van der Waals surface area contributed by atoms with Gasteiger partial charge in [0.15, 0.2) is 0 Å². The Morgan fingerprint density at radius 1 is 0.923 bits per heavy atom. The molecular weight excluding hydrogens is 543 g/mol. The number of alkyl halides is 6. The van der Waals surface area contributed by atoms with Crippen LogP contribution in [0.1, 0.15) is 64.3 Å². The molecule has 0 aliphatic rings. The van der Waals surface area contributed by atoms with Gasteiger partial charge in [-0.1, -0.05) is 54.6 Å². The van der Waals surface area contributed by atoms with Gasteiger partial charge in [0.2, 0.25) is 0 Å². The molecule has 2 N–H and O–H groups in total. The summed E-state index contributed by atoms with van der Waals surface area (Å²) in [7, 11) is 0. The van der Waals surface area contributed by atoms with Crippen LogP contribution in [0.5, 0.6) is 0 Å². The second-order valence-electron chi connectivity index (χ2n) is 9.89. The molecule has 3 rings (SSSR count). The van der Waals surface area contributed by atoms with Gasteiger partial charge in [-0.05, 0) is 90.9 Å². The molecule has 9 heteroatoms. The monoisotopic (exact) mass is 569 g/mol. The molecule has 0 saturated heterocycles. The van der Waals surface area contributed by atoms with Crippen molar-refractivity contribution in [1.82, 2.24) is 0 Å². The van der Waals surface area contributed by atoms with E-state index in [9.17, 15) is 26.3 Å². The lowest BCUT2D eigenvalue weighted by molar-refractivity contribution is -0.139. The predicted octanol–water partition coefficient (Wildman–Crippen LogP) is 9.89. The Morgan fingerprint density at radius 3 is 2.10 bits per heavy atom. The molecule has 0 fully saturated rings. The van der Waals surface area contributed by atoms with Gasteiger partial charge in [0.25, 0.3) is 0 Å². The summed E-state index contributed by atoms with van der Waals surface area (Å²) in [6.07, 6.45) is -4.58. The topological polar surface area (TPSA) is 26.0 Å². The average molecular weight is 570 g/mol. The van der Waals surface area contributed by atoms with E-state index in [-0.39, 0.29) is 27.3 Å². The molecule has 0 saturated carbocycles. The zero-order valence-corrected chi connectivity index (χ0v) is 22.4. The number of aryl methyl sites for hydroxylation is 1. The van der Waals surface area contributed by atoms with Gasteiger partial charge in [-0.15, -0.1) is 0 Å². The van der Waals surface area contributed by atoms with Crippen LogP contribution >= 0.6 is 11.6 Å². The minimum Gasteiger partial charge on any atom is -0.268 e. The SMILES string of the molecule is C=C(c1cccc(C(C)(C)F)c1)c1ccc(/C(F)=C/C(c2cc(C)c(C)c(Cl)c2)C(F)(F)F)cc1C(N)(F)F. The highest BCUT2D eigenvalue weighted by molar-refractivity contribution is 6.31. The molecular formula is C30H27ClF7N. The maximum absolute atomic E-state index is 15.3. The number of nitrogens with two attached hydrogens (primary N) is 1. The van der Waals surface area contributed by atoms with Gasteiger partial charge >= 0.3 is 12.2 Å². The van der Waals surface area contributed by atoms with E-state index < -0.39 is 40.8 Å². The first-order valence-corrected chi connectivity index (χ1v) is 12.2. The lowest BCUT2D eigenvalue weighted by atomic mass is 9.89. The van der Waals surface area contributed by atoms with Crippen LogP contribution in [0.25, 0.3) is 11.4 Å². The van der Waals surface area contributed by atoms with Crippen molar-refractivity contribution in [2.45, 2.75) is 51.5 Å². The fourth-order valence-corrected chi connectivity index (χ4v) is 4.38. The highest BCUT2D eigenvalue weighted by Crippen LogP contribution is 2.41. The fourth-order valence-electron chi connectivity index (χ4n) is 4.11. The molecule has 0 aliphatic carbocycles. The molecule has 0 aromatic heterocycles. The summed E-state index contributed by atoms with van der Waals surface area (Å²) < 4.78 is 101. The summed E-state index contributed by atoms with van der Waals surface area (Å²) in [5.74, 6) is -3.77. The van der Waals surface area contributed by atoms with E-state index in [0.29, 0.717) is 28.8 Å². The van der Waals surface area contributed by atoms with Crippen molar-refractivity contribution in [3.05, 3.63) is 117 Å². The second kappa shape index (κ2) is 10.8. The van der Waals surface area contributed by atoms with Crippen LogP contribution in [-0.2, 0) is 11.7 Å². The van der Waals surface area contributed by atoms with Crippen molar-refractivity contribution in [1.29, 1.82) is 0 Å². The largest absolute Gasteiger partial charge is 0.399 e. The summed E-state index contributed by atoms with van der Waals surface area (Å²) >= 11 is 6.06. The maximum atomic E-state index is 15.3. The normalized spacial score (nSPS) is 13.9. The van der Waals surface area contributed by atoms with Crippen molar-refractivity contribution >= 4 is 23.0 Å². The molecule has 1 atom stereocenters. The molecule has 0 amide bonds. The first-order chi connectivity index (χ1) is 17.8. The zero-order chi connectivity index (χ0) is 29.5. The zero-order valence-electron chi connectivity index (χ0n) is 21.7. The fraction of sp³-hybridized carbons (Fsp3) is 0.267. The molecule has 0 heterocycles. The number of hydrogen-bond acceptors (Lipinski definition) is 1. The van der Waals surface area contributed by atoms with Gasteiger partial charge in [-0.25, -0.2) is 8.78 Å². The van der Waals surface area contributed by atoms with E-state index in [1.165, 1.54) is 44.2 Å². The first-order valence-electron chi connectivity index (χ1n) is 11.8. The van der Waals surface area contributed by atoms with Crippen LogP contribution in [0.3, 0.4) is 0 Å². The van der Waals surface area contributed by atoms with Crippen molar-refractivity contribution < 1.29 is 30.7 Å². The van der Waals surface area contributed by atoms with E-state index in [0.717, 1.165) is 18.2 Å². The van der Waals surface area contributed by atoms with E-state index >= 15 is 4.39 Å². The van der Waals surface area contributed by atoms with E-state index in [2.05, 4.69) is 6.58 Å². The summed E-state index contributed by atoms with van der Waals surface area (Å²) in [6, 6.07) is 7.25. The van der Waals surface area contributed by atoms with Crippen LogP contribution in [0.15, 0.2) is 67.3 Å². The molecule has 208 valence electrons. The van der Waals surface area contributed by atoms with E-state index in [4.69, 9.17) is 17.3 Å². The predicted molar refractivity (Wildman–Crippen MR) is 142 cm³/mol. The lowest BCUT2D eigenvalue weighted by Gasteiger charge is -2.21. The third-order valence-corrected chi connectivity index (χ3v) is 6.92. The maximum Gasteiger partial charge on any atom is 0.399 e. The Hall–Kier alpha value is -3.10. The minimum atomic E-state index is -4.90. The van der Waals surface area contributed by atoms with Crippen LogP contribution in [0.2, 0.25) is 5.02 Å². The molecule has 0 aliphatic heterocycles. The summed E-state index contributed by atoms with van der Waals surface area (Å²) in [6.45, 7) is 9.70. The summed E-state index contributed by atoms with van der Waals surface area (Å²) in [5.41, 5.74) is 3.22. The Kier molecular flexibility index (Phi) is 8.44. The third kappa shape index (κ3) is 6.92. The first kappa shape index (κ1) is 30.4. The molecule has 3 aromatic rings. The van der Waals surface area contributed by atoms with Gasteiger partial charge in [0, 0.05) is 16.1 Å². The van der Waals surface area contributed by atoms with E-state index in [1.807, 2.05) is 0 Å². The molecule has 1 nitrogen and oxygen atoms in total. The molecule has 1 unspecified atom stereocenters. The average Bonchev–Trinajstić information content (AvgIpc) is 2.83. The van der Waals surface area contributed by atoms with Crippen molar-refractivity contribution in [3.8, 4) is 0 Å². The van der Waals surface area contributed by atoms with Crippen LogP contribution in [-0.4, -0.2) is 6.18 Å². The van der Waals surface area contributed by atoms with E-state index in [1.54, 1.807) is 13.8 Å². The Balaban J connectivity index is 2.11. The van der Waals surface area contributed by atoms with Crippen LogP contribution in [0.4, 0.5) is 30.7 Å². The Bertz CT molecular complexity index is 1400. The summed E-state index contributed by atoms with van der Waals surface area (Å²) in [4.78, 5) is 0. The highest BCUT2D eigenvalue weighted by Gasteiger charge is 2.40. The third-order valence-electron chi connectivity index (χ3n) is 6.53. The Morgan fingerprint density at radius 2 is 1.56 bits per heavy atom. The number of rotatable bonds is 7. The van der Waals surface area contributed by atoms with Gasteiger partial charge in [-0.3, -0.25) is 5.73 Å². The highest BCUT2D eigenvalue weighted by atomic mass is 35.5. The number of allylic oxidation sites excluding steroid dienone is 1. The van der Waals surface area contributed by atoms with Crippen molar-refractivity contribution in [2.24, 2.45) is 5.73 Å². The smallest absolute Gasteiger partial charge is 0.268 e. The number of hydrogen-bond donors (Lipinski definition) is 1. The van der Waals surface area contributed by atoms with Gasteiger partial charge < -0.3 is 0 Å². The molecule has 39 heavy (non-hydrogen) atoms. The van der Waals surface area contributed by atoms with Crippen LogP contribution in [0, 0.1) is 13.8 Å². The Labute approximate surface area is 227 Å². The molecule has 0 spiro atoms.